The molecule has 0 saturated carbocycles. The molecule has 0 unspecified atom stereocenters. The molecule has 98 valence electrons. The van der Waals surface area contributed by atoms with Gasteiger partial charge in [-0.2, -0.15) is 0 Å². The lowest BCUT2D eigenvalue weighted by Crippen LogP contribution is -2.12. The van der Waals surface area contributed by atoms with Crippen LogP contribution in [0.15, 0.2) is 60.8 Å². The van der Waals surface area contributed by atoms with Crippen molar-refractivity contribution in [2.45, 2.75) is 0 Å². The third-order valence-electron chi connectivity index (χ3n) is 3.12. The van der Waals surface area contributed by atoms with Crippen molar-refractivity contribution in [3.05, 3.63) is 66.4 Å². The summed E-state index contributed by atoms with van der Waals surface area (Å²) < 4.78 is 0. The third-order valence-corrected chi connectivity index (χ3v) is 3.34. The highest BCUT2D eigenvalue weighted by Gasteiger charge is 2.07. The standard InChI is InChI=1S/C16H13N3S/c17-15(20)13-8-4-10-18-16(13)19-14-9-3-6-11-5-1-2-7-12(11)14/h1-10H,(H2,17,20)(H,18,19). The topological polar surface area (TPSA) is 50.9 Å². The van der Waals surface area contributed by atoms with Crippen LogP contribution in [0.4, 0.5) is 11.5 Å². The Morgan fingerprint density at radius 1 is 1.00 bits per heavy atom. The molecule has 20 heavy (non-hydrogen) atoms. The van der Waals surface area contributed by atoms with Crippen molar-refractivity contribution in [2.75, 3.05) is 5.32 Å². The Morgan fingerprint density at radius 2 is 1.80 bits per heavy atom. The molecule has 0 spiro atoms. The lowest BCUT2D eigenvalue weighted by atomic mass is 10.1. The van der Waals surface area contributed by atoms with Crippen molar-refractivity contribution in [1.82, 2.24) is 4.98 Å². The fourth-order valence-corrected chi connectivity index (χ4v) is 2.33. The number of aromatic nitrogens is 1. The highest BCUT2D eigenvalue weighted by Crippen LogP contribution is 2.26. The lowest BCUT2D eigenvalue weighted by molar-refractivity contribution is 1.30. The molecule has 3 rings (SSSR count). The summed E-state index contributed by atoms with van der Waals surface area (Å²) in [7, 11) is 0. The van der Waals surface area contributed by atoms with Crippen molar-refractivity contribution in [2.24, 2.45) is 5.73 Å². The number of hydrogen-bond donors (Lipinski definition) is 2. The van der Waals surface area contributed by atoms with Gasteiger partial charge in [-0.05, 0) is 23.6 Å². The van der Waals surface area contributed by atoms with Crippen LogP contribution in [-0.2, 0) is 0 Å². The summed E-state index contributed by atoms with van der Waals surface area (Å²) in [5, 5.41) is 5.62. The number of pyridine rings is 1. The zero-order chi connectivity index (χ0) is 13.9. The number of fused-ring (bicyclic) bond motifs is 1. The number of thiocarbonyl (C=S) groups is 1. The molecule has 3 nitrogen and oxygen atoms in total. The van der Waals surface area contributed by atoms with Gasteiger partial charge in [-0.15, -0.1) is 0 Å². The first kappa shape index (κ1) is 12.6. The number of nitrogens with one attached hydrogen (secondary N) is 1. The number of nitrogens with two attached hydrogens (primary N) is 1. The first-order chi connectivity index (χ1) is 9.75. The van der Waals surface area contributed by atoms with Crippen molar-refractivity contribution in [1.29, 1.82) is 0 Å². The number of benzene rings is 2. The van der Waals surface area contributed by atoms with Crippen LogP contribution >= 0.6 is 12.2 Å². The number of hydrogen-bond acceptors (Lipinski definition) is 3. The first-order valence-corrected chi connectivity index (χ1v) is 6.66. The van der Waals surface area contributed by atoms with Gasteiger partial charge in [-0.3, -0.25) is 0 Å². The van der Waals surface area contributed by atoms with E-state index >= 15 is 0 Å². The van der Waals surface area contributed by atoms with Crippen LogP contribution in [0, 0.1) is 0 Å². The van der Waals surface area contributed by atoms with Crippen LogP contribution in [0.5, 0.6) is 0 Å². The Bertz CT molecular complexity index is 778. The fraction of sp³-hybridized carbons (Fsp3) is 0. The van der Waals surface area contributed by atoms with Crippen LogP contribution in [0.2, 0.25) is 0 Å². The Hall–Kier alpha value is -2.46. The molecule has 0 radical (unpaired) electrons. The zero-order valence-electron chi connectivity index (χ0n) is 10.7. The van der Waals surface area contributed by atoms with E-state index in [0.29, 0.717) is 10.8 Å². The van der Waals surface area contributed by atoms with E-state index in [0.717, 1.165) is 16.6 Å². The monoisotopic (exact) mass is 279 g/mol. The van der Waals surface area contributed by atoms with Crippen LogP contribution < -0.4 is 11.1 Å². The van der Waals surface area contributed by atoms with Gasteiger partial charge in [0.15, 0.2) is 0 Å². The Balaban J connectivity index is 2.08. The first-order valence-electron chi connectivity index (χ1n) is 6.25. The van der Waals surface area contributed by atoms with Crippen molar-refractivity contribution >= 4 is 39.5 Å². The SMILES string of the molecule is NC(=S)c1cccnc1Nc1cccc2ccccc12. The molecule has 0 atom stereocenters. The van der Waals surface area contributed by atoms with E-state index in [4.69, 9.17) is 18.0 Å². The lowest BCUT2D eigenvalue weighted by Gasteiger charge is -2.12. The molecule has 3 N–H and O–H groups in total. The van der Waals surface area contributed by atoms with Gasteiger partial charge in [-0.25, -0.2) is 4.98 Å². The molecule has 2 aromatic carbocycles. The van der Waals surface area contributed by atoms with Crippen LogP contribution in [0.3, 0.4) is 0 Å². The highest BCUT2D eigenvalue weighted by atomic mass is 32.1. The van der Waals surface area contributed by atoms with E-state index in [1.807, 2.05) is 36.4 Å². The van der Waals surface area contributed by atoms with Crippen molar-refractivity contribution in [3.63, 3.8) is 0 Å². The predicted molar refractivity (Wildman–Crippen MR) is 87.4 cm³/mol. The second-order valence-corrected chi connectivity index (χ2v) is 4.86. The fourth-order valence-electron chi connectivity index (χ4n) is 2.17. The average Bonchev–Trinajstić information content (AvgIpc) is 2.48. The Morgan fingerprint density at radius 3 is 2.65 bits per heavy atom. The normalized spacial score (nSPS) is 10.4. The van der Waals surface area contributed by atoms with Crippen LogP contribution in [0.25, 0.3) is 10.8 Å². The summed E-state index contributed by atoms with van der Waals surface area (Å²) in [5.74, 6) is 0.677. The highest BCUT2D eigenvalue weighted by molar-refractivity contribution is 7.80. The van der Waals surface area contributed by atoms with Gasteiger partial charge < -0.3 is 11.1 Å². The molecule has 1 aromatic heterocycles. The maximum atomic E-state index is 5.73. The van der Waals surface area contributed by atoms with Gasteiger partial charge in [0.05, 0.1) is 5.56 Å². The summed E-state index contributed by atoms with van der Waals surface area (Å²) in [5.41, 5.74) is 7.46. The minimum Gasteiger partial charge on any atom is -0.389 e. The number of anilines is 2. The minimum absolute atomic E-state index is 0.334. The molecule has 0 bridgehead atoms. The summed E-state index contributed by atoms with van der Waals surface area (Å²) in [6.45, 7) is 0. The van der Waals surface area contributed by atoms with Crippen molar-refractivity contribution < 1.29 is 0 Å². The van der Waals surface area contributed by atoms with E-state index in [2.05, 4.69) is 28.5 Å². The molecule has 0 fully saturated rings. The van der Waals surface area contributed by atoms with Crippen LogP contribution in [-0.4, -0.2) is 9.97 Å². The maximum Gasteiger partial charge on any atom is 0.140 e. The zero-order valence-corrected chi connectivity index (χ0v) is 11.5. The van der Waals surface area contributed by atoms with Gasteiger partial charge in [0, 0.05) is 17.3 Å². The minimum atomic E-state index is 0.334. The number of nitrogens with zero attached hydrogens (tertiary/aromatic N) is 1. The van der Waals surface area contributed by atoms with E-state index < -0.39 is 0 Å². The smallest absolute Gasteiger partial charge is 0.140 e. The van der Waals surface area contributed by atoms with Gasteiger partial charge in [0.25, 0.3) is 0 Å². The Kier molecular flexibility index (Phi) is 3.31. The average molecular weight is 279 g/mol. The van der Waals surface area contributed by atoms with E-state index in [-0.39, 0.29) is 0 Å². The molecule has 4 heteroatoms. The summed E-state index contributed by atoms with van der Waals surface area (Å²) in [6.07, 6.45) is 1.72. The van der Waals surface area contributed by atoms with E-state index in [1.54, 1.807) is 6.20 Å². The van der Waals surface area contributed by atoms with E-state index in [9.17, 15) is 0 Å². The summed E-state index contributed by atoms with van der Waals surface area (Å²) in [4.78, 5) is 4.66. The molecule has 0 aliphatic carbocycles. The number of rotatable bonds is 3. The van der Waals surface area contributed by atoms with Gasteiger partial charge in [0.1, 0.15) is 10.8 Å². The molecule has 0 saturated heterocycles. The molecular weight excluding hydrogens is 266 g/mol. The second-order valence-electron chi connectivity index (χ2n) is 4.42. The second kappa shape index (κ2) is 5.27. The third kappa shape index (κ3) is 2.33. The quantitative estimate of drug-likeness (QED) is 0.719. The molecule has 0 aliphatic rings. The van der Waals surface area contributed by atoms with Gasteiger partial charge in [0.2, 0.25) is 0 Å². The maximum absolute atomic E-state index is 5.73. The molecular formula is C16H13N3S. The molecule has 3 aromatic rings. The molecule has 1 heterocycles. The predicted octanol–water partition coefficient (Wildman–Crippen LogP) is 3.61. The largest absolute Gasteiger partial charge is 0.389 e. The summed E-state index contributed by atoms with van der Waals surface area (Å²) in [6, 6.07) is 18.0. The summed E-state index contributed by atoms with van der Waals surface area (Å²) >= 11 is 5.06. The van der Waals surface area contributed by atoms with Crippen molar-refractivity contribution in [3.8, 4) is 0 Å². The van der Waals surface area contributed by atoms with Gasteiger partial charge >= 0.3 is 0 Å². The van der Waals surface area contributed by atoms with Gasteiger partial charge in [-0.1, -0.05) is 48.6 Å². The van der Waals surface area contributed by atoms with E-state index in [1.165, 1.54) is 5.39 Å². The molecule has 0 amide bonds. The molecule has 0 aliphatic heterocycles. The Labute approximate surface area is 122 Å². The van der Waals surface area contributed by atoms with Crippen LogP contribution in [0.1, 0.15) is 5.56 Å².